The van der Waals surface area contributed by atoms with Gasteiger partial charge in [-0.3, -0.25) is 0 Å². The van der Waals surface area contributed by atoms with Gasteiger partial charge in [-0.2, -0.15) is 0 Å². The highest BCUT2D eigenvalue weighted by molar-refractivity contribution is 5.74. The lowest BCUT2D eigenvalue weighted by molar-refractivity contribution is 0.0411. The van der Waals surface area contributed by atoms with Crippen molar-refractivity contribution in [1.82, 2.24) is 9.80 Å². The molecule has 2 amide bonds. The third-order valence-electron chi connectivity index (χ3n) is 6.70. The lowest BCUT2D eigenvalue weighted by Crippen LogP contribution is -2.50. The van der Waals surface area contributed by atoms with Crippen molar-refractivity contribution >= 4 is 17.4 Å². The molecule has 1 aromatic rings. The summed E-state index contributed by atoms with van der Waals surface area (Å²) in [5.41, 5.74) is 9.79. The van der Waals surface area contributed by atoms with E-state index in [1.807, 2.05) is 9.80 Å². The lowest BCUT2D eigenvalue weighted by Gasteiger charge is -2.37. The van der Waals surface area contributed by atoms with Crippen LogP contribution in [-0.2, 0) is 4.74 Å². The van der Waals surface area contributed by atoms with Crippen LogP contribution in [-0.4, -0.2) is 68.3 Å². The molecule has 6 heteroatoms. The van der Waals surface area contributed by atoms with Crippen molar-refractivity contribution in [3.05, 3.63) is 23.8 Å². The normalized spacial score (nSPS) is 22.5. The van der Waals surface area contributed by atoms with Gasteiger partial charge < -0.3 is 25.2 Å². The topological polar surface area (TPSA) is 62.0 Å². The maximum absolute atomic E-state index is 12.7. The van der Waals surface area contributed by atoms with Gasteiger partial charge in [-0.05, 0) is 55.2 Å². The summed E-state index contributed by atoms with van der Waals surface area (Å²) in [6.07, 6.45) is 4.53. The number of likely N-dealkylation sites (tertiary alicyclic amines) is 1. The maximum Gasteiger partial charge on any atom is 0.320 e. The number of hydrogen-bond donors (Lipinski definition) is 1. The molecule has 0 unspecified atom stereocenters. The fraction of sp³-hybridized carbons (Fsp3) is 0.682. The summed E-state index contributed by atoms with van der Waals surface area (Å²) >= 11 is 0. The molecular weight excluding hydrogens is 352 g/mol. The molecule has 0 bridgehead atoms. The summed E-state index contributed by atoms with van der Waals surface area (Å²) in [6.45, 7) is 8.95. The number of nitrogens with two attached hydrogens (primary N) is 1. The van der Waals surface area contributed by atoms with Gasteiger partial charge in [-0.15, -0.1) is 0 Å². The van der Waals surface area contributed by atoms with Crippen LogP contribution in [0.5, 0.6) is 0 Å². The Hall–Kier alpha value is -1.95. The van der Waals surface area contributed by atoms with E-state index in [1.165, 1.54) is 24.1 Å². The number of carbonyl (C=O) groups is 1. The number of nitrogen functional groups attached to an aromatic ring is 1. The van der Waals surface area contributed by atoms with Crippen LogP contribution in [0.2, 0.25) is 0 Å². The predicted molar refractivity (Wildman–Crippen MR) is 113 cm³/mol. The lowest BCUT2D eigenvalue weighted by atomic mass is 9.88. The van der Waals surface area contributed by atoms with Crippen molar-refractivity contribution < 1.29 is 9.53 Å². The van der Waals surface area contributed by atoms with Gasteiger partial charge in [0.1, 0.15) is 0 Å². The number of benzene rings is 1. The van der Waals surface area contributed by atoms with Crippen molar-refractivity contribution in [2.75, 3.05) is 63.1 Å². The van der Waals surface area contributed by atoms with Crippen LogP contribution in [0.3, 0.4) is 0 Å². The van der Waals surface area contributed by atoms with E-state index < -0.39 is 0 Å². The summed E-state index contributed by atoms with van der Waals surface area (Å²) in [7, 11) is 0. The number of morpholine rings is 1. The number of ether oxygens (including phenoxy) is 1. The summed E-state index contributed by atoms with van der Waals surface area (Å²) in [4.78, 5) is 19.1. The molecule has 1 aromatic carbocycles. The van der Waals surface area contributed by atoms with Crippen molar-refractivity contribution in [1.29, 1.82) is 0 Å². The van der Waals surface area contributed by atoms with Gasteiger partial charge in [0.25, 0.3) is 0 Å². The fourth-order valence-electron chi connectivity index (χ4n) is 4.70. The summed E-state index contributed by atoms with van der Waals surface area (Å²) in [5, 5.41) is 0. The van der Waals surface area contributed by atoms with Crippen molar-refractivity contribution in [3.63, 3.8) is 0 Å². The Morgan fingerprint density at radius 2 is 1.61 bits per heavy atom. The molecule has 4 rings (SSSR count). The molecule has 154 valence electrons. The van der Waals surface area contributed by atoms with E-state index in [-0.39, 0.29) is 6.03 Å². The Morgan fingerprint density at radius 3 is 2.29 bits per heavy atom. The number of nitrogens with zero attached hydrogens (tertiary/aromatic N) is 3. The monoisotopic (exact) mass is 386 g/mol. The van der Waals surface area contributed by atoms with E-state index >= 15 is 0 Å². The molecule has 0 radical (unpaired) electrons. The van der Waals surface area contributed by atoms with Crippen LogP contribution in [0.15, 0.2) is 18.2 Å². The number of hydrogen-bond acceptors (Lipinski definition) is 4. The van der Waals surface area contributed by atoms with Crippen LogP contribution in [0.4, 0.5) is 16.2 Å². The predicted octanol–water partition coefficient (Wildman–Crippen LogP) is 3.14. The highest BCUT2D eigenvalue weighted by Crippen LogP contribution is 2.35. The van der Waals surface area contributed by atoms with Crippen LogP contribution in [0.25, 0.3) is 0 Å². The number of rotatable bonds is 2. The van der Waals surface area contributed by atoms with E-state index in [9.17, 15) is 4.79 Å². The number of amides is 2. The van der Waals surface area contributed by atoms with Gasteiger partial charge in [0.2, 0.25) is 0 Å². The molecule has 0 aromatic heterocycles. The highest BCUT2D eigenvalue weighted by Gasteiger charge is 2.28. The van der Waals surface area contributed by atoms with Gasteiger partial charge in [0.15, 0.2) is 0 Å². The number of urea groups is 1. The largest absolute Gasteiger partial charge is 0.397 e. The first-order chi connectivity index (χ1) is 13.6. The third-order valence-corrected chi connectivity index (χ3v) is 6.70. The first-order valence-electron chi connectivity index (χ1n) is 10.9. The van der Waals surface area contributed by atoms with E-state index in [4.69, 9.17) is 10.5 Å². The molecule has 0 atom stereocenters. The molecule has 3 aliphatic heterocycles. The fourth-order valence-corrected chi connectivity index (χ4v) is 4.70. The van der Waals surface area contributed by atoms with Gasteiger partial charge in [-0.25, -0.2) is 4.79 Å². The zero-order chi connectivity index (χ0) is 19.5. The van der Waals surface area contributed by atoms with Gasteiger partial charge in [0.05, 0.1) is 24.6 Å². The third kappa shape index (κ3) is 4.22. The Balaban J connectivity index is 1.38. The quantitative estimate of drug-likeness (QED) is 0.793. The molecule has 0 aliphatic carbocycles. The molecule has 3 aliphatic rings. The Morgan fingerprint density at radius 1 is 0.964 bits per heavy atom. The zero-order valence-electron chi connectivity index (χ0n) is 17.1. The second-order valence-corrected chi connectivity index (χ2v) is 8.63. The molecule has 6 nitrogen and oxygen atoms in total. The second-order valence-electron chi connectivity index (χ2n) is 8.63. The minimum Gasteiger partial charge on any atom is -0.397 e. The molecule has 3 saturated heterocycles. The highest BCUT2D eigenvalue weighted by atomic mass is 16.5. The summed E-state index contributed by atoms with van der Waals surface area (Å²) in [5.74, 6) is 1.32. The molecule has 0 spiro atoms. The maximum atomic E-state index is 12.7. The van der Waals surface area contributed by atoms with E-state index in [0.29, 0.717) is 32.2 Å². The number of anilines is 2. The zero-order valence-corrected chi connectivity index (χ0v) is 17.1. The average molecular weight is 387 g/mol. The SMILES string of the molecule is CC1CCN(c2cc(C3CCN(C(=O)N4CCOCC4)CC3)ccc2N)CC1. The Kier molecular flexibility index (Phi) is 5.95. The Labute approximate surface area is 168 Å². The molecule has 2 N–H and O–H groups in total. The minimum atomic E-state index is 0.183. The van der Waals surface area contributed by atoms with Gasteiger partial charge in [0, 0.05) is 39.3 Å². The molecule has 3 fully saturated rings. The van der Waals surface area contributed by atoms with Crippen LogP contribution < -0.4 is 10.6 Å². The first-order valence-corrected chi connectivity index (χ1v) is 10.9. The van der Waals surface area contributed by atoms with E-state index in [0.717, 1.165) is 50.6 Å². The second kappa shape index (κ2) is 8.60. The first kappa shape index (κ1) is 19.4. The van der Waals surface area contributed by atoms with Crippen molar-refractivity contribution in [2.24, 2.45) is 5.92 Å². The van der Waals surface area contributed by atoms with Crippen LogP contribution in [0, 0.1) is 5.92 Å². The number of piperidine rings is 2. The van der Waals surface area contributed by atoms with Crippen LogP contribution >= 0.6 is 0 Å². The van der Waals surface area contributed by atoms with Crippen LogP contribution in [0.1, 0.15) is 44.1 Å². The smallest absolute Gasteiger partial charge is 0.320 e. The molecule has 3 heterocycles. The van der Waals surface area contributed by atoms with Gasteiger partial charge in [-0.1, -0.05) is 13.0 Å². The summed E-state index contributed by atoms with van der Waals surface area (Å²) < 4.78 is 5.36. The summed E-state index contributed by atoms with van der Waals surface area (Å²) in [6, 6.07) is 6.76. The molecule has 28 heavy (non-hydrogen) atoms. The standard InChI is InChI=1S/C22H34N4O2/c1-17-4-8-24(9-5-17)21-16-19(2-3-20(21)23)18-6-10-25(11-7-18)22(27)26-12-14-28-15-13-26/h2-3,16-18H,4-15,23H2,1H3. The van der Waals surface area contributed by atoms with Crippen molar-refractivity contribution in [3.8, 4) is 0 Å². The Bertz CT molecular complexity index is 673. The minimum absolute atomic E-state index is 0.183. The van der Waals surface area contributed by atoms with E-state index in [1.54, 1.807) is 0 Å². The average Bonchev–Trinajstić information content (AvgIpc) is 2.75. The molecular formula is C22H34N4O2. The van der Waals surface area contributed by atoms with Crippen molar-refractivity contribution in [2.45, 2.75) is 38.5 Å². The van der Waals surface area contributed by atoms with Gasteiger partial charge >= 0.3 is 6.03 Å². The van der Waals surface area contributed by atoms with E-state index in [2.05, 4.69) is 30.0 Å². The number of carbonyl (C=O) groups excluding carboxylic acids is 1. The molecule has 0 saturated carbocycles.